The molecular formula is C19H18Cl2N4O3S. The van der Waals surface area contributed by atoms with Crippen LogP contribution >= 0.6 is 23.2 Å². The molecule has 1 aromatic heterocycles. The molecule has 152 valence electrons. The van der Waals surface area contributed by atoms with E-state index >= 15 is 0 Å². The SMILES string of the molecule is O=S(=O)(c1ccc(Cl)c(Cl)c1)N1CCN(Cc2noc(-c3ccccc3)n2)CC1. The summed E-state index contributed by atoms with van der Waals surface area (Å²) in [4.78, 5) is 6.67. The fraction of sp³-hybridized carbons (Fsp3) is 0.263. The maximum atomic E-state index is 12.8. The summed E-state index contributed by atoms with van der Waals surface area (Å²) in [5.41, 5.74) is 0.865. The second-order valence-electron chi connectivity index (χ2n) is 6.64. The zero-order valence-electron chi connectivity index (χ0n) is 15.3. The van der Waals surface area contributed by atoms with Gasteiger partial charge in [-0.1, -0.05) is 46.6 Å². The lowest BCUT2D eigenvalue weighted by molar-refractivity contribution is 0.176. The number of nitrogens with zero attached hydrogens (tertiary/aromatic N) is 4. The van der Waals surface area contributed by atoms with E-state index in [2.05, 4.69) is 15.0 Å². The Hall–Kier alpha value is -1.97. The van der Waals surface area contributed by atoms with Crippen molar-refractivity contribution in [2.45, 2.75) is 11.4 Å². The molecule has 0 spiro atoms. The highest BCUT2D eigenvalue weighted by molar-refractivity contribution is 7.89. The summed E-state index contributed by atoms with van der Waals surface area (Å²) < 4.78 is 32.5. The van der Waals surface area contributed by atoms with Crippen LogP contribution in [0.5, 0.6) is 0 Å². The van der Waals surface area contributed by atoms with Crippen molar-refractivity contribution in [3.05, 3.63) is 64.4 Å². The first kappa shape index (κ1) is 20.3. The van der Waals surface area contributed by atoms with Gasteiger partial charge in [0.25, 0.3) is 5.89 Å². The van der Waals surface area contributed by atoms with Gasteiger partial charge in [-0.05, 0) is 30.3 Å². The Kier molecular flexibility index (Phi) is 5.89. The average Bonchev–Trinajstić information content (AvgIpc) is 3.19. The third kappa shape index (κ3) is 4.46. The highest BCUT2D eigenvalue weighted by atomic mass is 35.5. The van der Waals surface area contributed by atoms with E-state index in [1.807, 2.05) is 30.3 Å². The third-order valence-electron chi connectivity index (χ3n) is 4.71. The highest BCUT2D eigenvalue weighted by Gasteiger charge is 2.29. The van der Waals surface area contributed by atoms with E-state index in [-0.39, 0.29) is 9.92 Å². The number of benzene rings is 2. The normalized spacial score (nSPS) is 16.2. The van der Waals surface area contributed by atoms with Crippen LogP contribution in [0.15, 0.2) is 57.9 Å². The molecule has 2 aromatic carbocycles. The molecule has 0 amide bonds. The van der Waals surface area contributed by atoms with Crippen LogP contribution in [0.4, 0.5) is 0 Å². The van der Waals surface area contributed by atoms with Gasteiger partial charge in [-0.3, -0.25) is 4.90 Å². The lowest BCUT2D eigenvalue weighted by atomic mass is 10.2. The molecule has 0 bridgehead atoms. The van der Waals surface area contributed by atoms with Gasteiger partial charge in [-0.2, -0.15) is 9.29 Å². The van der Waals surface area contributed by atoms with E-state index in [0.29, 0.717) is 49.5 Å². The van der Waals surface area contributed by atoms with Crippen molar-refractivity contribution < 1.29 is 12.9 Å². The maximum Gasteiger partial charge on any atom is 0.257 e. The molecule has 7 nitrogen and oxygen atoms in total. The molecule has 0 atom stereocenters. The minimum atomic E-state index is -3.62. The molecule has 0 N–H and O–H groups in total. The summed E-state index contributed by atoms with van der Waals surface area (Å²) in [5.74, 6) is 1.05. The van der Waals surface area contributed by atoms with E-state index in [0.717, 1.165) is 5.56 Å². The van der Waals surface area contributed by atoms with Crippen molar-refractivity contribution in [3.8, 4) is 11.5 Å². The summed E-state index contributed by atoms with van der Waals surface area (Å²) in [6.45, 7) is 2.36. The molecule has 0 aliphatic carbocycles. The van der Waals surface area contributed by atoms with Crippen molar-refractivity contribution in [2.24, 2.45) is 0 Å². The predicted molar refractivity (Wildman–Crippen MR) is 110 cm³/mol. The maximum absolute atomic E-state index is 12.8. The van der Waals surface area contributed by atoms with E-state index in [4.69, 9.17) is 27.7 Å². The smallest absolute Gasteiger partial charge is 0.257 e. The van der Waals surface area contributed by atoms with Crippen LogP contribution in [0, 0.1) is 0 Å². The van der Waals surface area contributed by atoms with Crippen molar-refractivity contribution >= 4 is 33.2 Å². The van der Waals surface area contributed by atoms with Crippen LogP contribution in [0.1, 0.15) is 5.82 Å². The molecule has 29 heavy (non-hydrogen) atoms. The number of piperazine rings is 1. The minimum absolute atomic E-state index is 0.144. The number of hydrogen-bond acceptors (Lipinski definition) is 6. The summed E-state index contributed by atoms with van der Waals surface area (Å²) in [6.07, 6.45) is 0. The molecular weight excluding hydrogens is 435 g/mol. The van der Waals surface area contributed by atoms with E-state index in [1.165, 1.54) is 22.5 Å². The van der Waals surface area contributed by atoms with Crippen LogP contribution in [-0.2, 0) is 16.6 Å². The second kappa shape index (κ2) is 8.41. The zero-order valence-corrected chi connectivity index (χ0v) is 17.7. The van der Waals surface area contributed by atoms with Crippen molar-refractivity contribution in [3.63, 3.8) is 0 Å². The first-order valence-corrected chi connectivity index (χ1v) is 11.2. The van der Waals surface area contributed by atoms with Crippen LogP contribution in [-0.4, -0.2) is 53.9 Å². The quantitative estimate of drug-likeness (QED) is 0.588. The van der Waals surface area contributed by atoms with Crippen LogP contribution in [0.3, 0.4) is 0 Å². The standard InChI is InChI=1S/C19H18Cl2N4O3S/c20-16-7-6-15(12-17(16)21)29(26,27)25-10-8-24(9-11-25)13-18-22-19(28-23-18)14-4-2-1-3-5-14/h1-7,12H,8-11,13H2. The molecule has 0 saturated carbocycles. The largest absolute Gasteiger partial charge is 0.334 e. The Morgan fingerprint density at radius 2 is 1.69 bits per heavy atom. The molecule has 4 rings (SSSR count). The molecule has 1 saturated heterocycles. The average molecular weight is 453 g/mol. The number of hydrogen-bond donors (Lipinski definition) is 0. The molecule has 0 radical (unpaired) electrons. The number of halogens is 2. The Bertz CT molecular complexity index is 1100. The van der Waals surface area contributed by atoms with Gasteiger partial charge < -0.3 is 4.52 Å². The van der Waals surface area contributed by atoms with Crippen molar-refractivity contribution in [1.82, 2.24) is 19.3 Å². The van der Waals surface area contributed by atoms with Gasteiger partial charge in [-0.25, -0.2) is 8.42 Å². The Balaban J connectivity index is 1.38. The Morgan fingerprint density at radius 1 is 0.966 bits per heavy atom. The summed E-state index contributed by atoms with van der Waals surface area (Å²) in [7, 11) is -3.62. The van der Waals surface area contributed by atoms with Gasteiger partial charge in [0.15, 0.2) is 5.82 Å². The van der Waals surface area contributed by atoms with E-state index in [9.17, 15) is 8.42 Å². The second-order valence-corrected chi connectivity index (χ2v) is 9.39. The van der Waals surface area contributed by atoms with Crippen molar-refractivity contribution in [2.75, 3.05) is 26.2 Å². The molecule has 1 aliphatic heterocycles. The first-order chi connectivity index (χ1) is 13.9. The lowest BCUT2D eigenvalue weighted by Gasteiger charge is -2.33. The molecule has 1 fully saturated rings. The van der Waals surface area contributed by atoms with Crippen LogP contribution in [0.2, 0.25) is 10.0 Å². The van der Waals surface area contributed by atoms with Gasteiger partial charge in [0.2, 0.25) is 10.0 Å². The number of rotatable bonds is 5. The predicted octanol–water partition coefficient (Wildman–Crippen LogP) is 3.55. The van der Waals surface area contributed by atoms with Gasteiger partial charge >= 0.3 is 0 Å². The molecule has 2 heterocycles. The molecule has 0 unspecified atom stereocenters. The third-order valence-corrected chi connectivity index (χ3v) is 7.35. The highest BCUT2D eigenvalue weighted by Crippen LogP contribution is 2.27. The fourth-order valence-electron chi connectivity index (χ4n) is 3.13. The minimum Gasteiger partial charge on any atom is -0.334 e. The van der Waals surface area contributed by atoms with Crippen LogP contribution < -0.4 is 0 Å². The Morgan fingerprint density at radius 3 is 2.38 bits per heavy atom. The molecule has 10 heteroatoms. The summed E-state index contributed by atoms with van der Waals surface area (Å²) in [5, 5.41) is 4.58. The Labute approximate surface area is 178 Å². The van der Waals surface area contributed by atoms with Gasteiger partial charge in [0.05, 0.1) is 21.5 Å². The fourth-order valence-corrected chi connectivity index (χ4v) is 4.94. The monoisotopic (exact) mass is 452 g/mol. The summed E-state index contributed by atoms with van der Waals surface area (Å²) in [6, 6.07) is 13.9. The van der Waals surface area contributed by atoms with Crippen LogP contribution in [0.25, 0.3) is 11.5 Å². The lowest BCUT2D eigenvalue weighted by Crippen LogP contribution is -2.48. The van der Waals surface area contributed by atoms with E-state index < -0.39 is 10.0 Å². The van der Waals surface area contributed by atoms with E-state index in [1.54, 1.807) is 0 Å². The number of aromatic nitrogens is 2. The summed E-state index contributed by atoms with van der Waals surface area (Å²) >= 11 is 11.9. The molecule has 1 aliphatic rings. The van der Waals surface area contributed by atoms with Gasteiger partial charge in [0, 0.05) is 31.7 Å². The van der Waals surface area contributed by atoms with Crippen molar-refractivity contribution in [1.29, 1.82) is 0 Å². The number of sulfonamides is 1. The molecule has 3 aromatic rings. The first-order valence-electron chi connectivity index (χ1n) is 8.99. The van der Waals surface area contributed by atoms with Gasteiger partial charge in [0.1, 0.15) is 0 Å². The zero-order chi connectivity index (χ0) is 20.4. The van der Waals surface area contributed by atoms with Gasteiger partial charge in [-0.15, -0.1) is 0 Å². The topological polar surface area (TPSA) is 79.5 Å².